The Balaban J connectivity index is 1.88. The number of hydrogen-bond donors (Lipinski definition) is 2. The molecule has 4 nitrogen and oxygen atoms in total. The van der Waals surface area contributed by atoms with Crippen molar-refractivity contribution in [3.63, 3.8) is 0 Å². The number of carbonyl (C=O) groups is 1. The van der Waals surface area contributed by atoms with Crippen LogP contribution in [0, 0.1) is 5.82 Å². The van der Waals surface area contributed by atoms with E-state index >= 15 is 0 Å². The molecule has 0 aromatic heterocycles. The number of hydrogen-bond acceptors (Lipinski definition) is 2. The maximum Gasteiger partial charge on any atom is 0.279 e. The van der Waals surface area contributed by atoms with E-state index in [2.05, 4.69) is 5.32 Å². The number of quaternary nitrogens is 1. The van der Waals surface area contributed by atoms with Crippen molar-refractivity contribution in [1.82, 2.24) is 0 Å². The zero-order valence-corrected chi connectivity index (χ0v) is 10.6. The van der Waals surface area contributed by atoms with Crippen molar-refractivity contribution in [3.05, 3.63) is 29.0 Å². The number of halogens is 2. The molecular formula is C12H15ClFN2O2+. The summed E-state index contributed by atoms with van der Waals surface area (Å²) in [5.74, 6) is -0.594. The lowest BCUT2D eigenvalue weighted by Crippen LogP contribution is -3.15. The fraction of sp³-hybridized carbons (Fsp3) is 0.417. The minimum Gasteiger partial charge on any atom is -0.370 e. The topological polar surface area (TPSA) is 42.8 Å². The van der Waals surface area contributed by atoms with Crippen molar-refractivity contribution in [2.75, 3.05) is 38.2 Å². The van der Waals surface area contributed by atoms with Crippen LogP contribution < -0.4 is 10.2 Å². The average Bonchev–Trinajstić information content (AvgIpc) is 2.35. The van der Waals surface area contributed by atoms with Gasteiger partial charge in [0.15, 0.2) is 6.54 Å². The fourth-order valence-electron chi connectivity index (χ4n) is 1.84. The summed E-state index contributed by atoms with van der Waals surface area (Å²) in [6, 6.07) is 4.14. The second-order valence-electron chi connectivity index (χ2n) is 4.22. The number of anilines is 1. The van der Waals surface area contributed by atoms with Crippen LogP contribution in [0.25, 0.3) is 0 Å². The Bertz CT molecular complexity index is 436. The second kappa shape index (κ2) is 6.13. The molecule has 1 saturated heterocycles. The van der Waals surface area contributed by atoms with E-state index in [9.17, 15) is 9.18 Å². The van der Waals surface area contributed by atoms with Crippen LogP contribution in [0.4, 0.5) is 10.1 Å². The van der Waals surface area contributed by atoms with Gasteiger partial charge in [-0.1, -0.05) is 11.6 Å². The van der Waals surface area contributed by atoms with E-state index in [-0.39, 0.29) is 10.9 Å². The quantitative estimate of drug-likeness (QED) is 0.834. The second-order valence-corrected chi connectivity index (χ2v) is 4.62. The lowest BCUT2D eigenvalue weighted by Gasteiger charge is -2.23. The standard InChI is InChI=1S/C12H14ClFN2O2/c13-10-7-9(1-2-11(10)14)15-12(17)8-16-3-5-18-6-4-16/h1-2,7H,3-6,8H2,(H,15,17)/p+1. The molecule has 1 aromatic carbocycles. The van der Waals surface area contributed by atoms with E-state index in [1.54, 1.807) is 0 Å². The van der Waals surface area contributed by atoms with Crippen LogP contribution >= 0.6 is 11.6 Å². The van der Waals surface area contributed by atoms with Crippen molar-refractivity contribution in [2.45, 2.75) is 0 Å². The molecule has 1 aliphatic rings. The first-order valence-corrected chi connectivity index (χ1v) is 6.19. The van der Waals surface area contributed by atoms with Gasteiger partial charge in [0.05, 0.1) is 18.2 Å². The summed E-state index contributed by atoms with van der Waals surface area (Å²) in [7, 11) is 0. The predicted molar refractivity (Wildman–Crippen MR) is 66.4 cm³/mol. The van der Waals surface area contributed by atoms with Crippen molar-refractivity contribution < 1.29 is 18.8 Å². The van der Waals surface area contributed by atoms with Crippen molar-refractivity contribution >= 4 is 23.2 Å². The monoisotopic (exact) mass is 273 g/mol. The SMILES string of the molecule is O=C(C[NH+]1CCOCC1)Nc1ccc(F)c(Cl)c1. The Morgan fingerprint density at radius 2 is 2.17 bits per heavy atom. The molecule has 2 rings (SSSR count). The van der Waals surface area contributed by atoms with E-state index in [1.165, 1.54) is 23.1 Å². The zero-order chi connectivity index (χ0) is 13.0. The van der Waals surface area contributed by atoms with Gasteiger partial charge in [-0.15, -0.1) is 0 Å². The lowest BCUT2D eigenvalue weighted by atomic mass is 10.3. The summed E-state index contributed by atoms with van der Waals surface area (Å²) < 4.78 is 18.2. The maximum atomic E-state index is 12.9. The van der Waals surface area contributed by atoms with Gasteiger partial charge >= 0.3 is 0 Å². The third-order valence-corrected chi connectivity index (χ3v) is 3.10. The molecule has 1 amide bonds. The van der Waals surface area contributed by atoms with Crippen molar-refractivity contribution in [1.29, 1.82) is 0 Å². The van der Waals surface area contributed by atoms with Crippen molar-refractivity contribution in [3.8, 4) is 0 Å². The number of morpholine rings is 1. The summed E-state index contributed by atoms with van der Waals surface area (Å²) in [6.07, 6.45) is 0. The highest BCUT2D eigenvalue weighted by molar-refractivity contribution is 6.31. The molecule has 98 valence electrons. The van der Waals surface area contributed by atoms with Crippen LogP contribution in [0.1, 0.15) is 0 Å². The molecule has 18 heavy (non-hydrogen) atoms. The van der Waals surface area contributed by atoms with Gasteiger partial charge in [0.25, 0.3) is 5.91 Å². The Kier molecular flexibility index (Phi) is 4.52. The number of rotatable bonds is 3. The van der Waals surface area contributed by atoms with Gasteiger partial charge in [-0.2, -0.15) is 0 Å². The number of nitrogens with one attached hydrogen (secondary N) is 2. The van der Waals surface area contributed by atoms with E-state index < -0.39 is 5.82 Å². The molecule has 1 heterocycles. The van der Waals surface area contributed by atoms with E-state index in [0.717, 1.165) is 13.1 Å². The van der Waals surface area contributed by atoms with E-state index in [4.69, 9.17) is 16.3 Å². The van der Waals surface area contributed by atoms with Crippen LogP contribution in [-0.2, 0) is 9.53 Å². The highest BCUT2D eigenvalue weighted by atomic mass is 35.5. The molecule has 1 aliphatic heterocycles. The van der Waals surface area contributed by atoms with Crippen LogP contribution in [0.2, 0.25) is 5.02 Å². The molecule has 0 saturated carbocycles. The largest absolute Gasteiger partial charge is 0.370 e. The zero-order valence-electron chi connectivity index (χ0n) is 9.84. The van der Waals surface area contributed by atoms with E-state index in [0.29, 0.717) is 25.4 Å². The third kappa shape index (κ3) is 3.66. The minimum atomic E-state index is -0.492. The smallest absolute Gasteiger partial charge is 0.279 e. The molecular weight excluding hydrogens is 259 g/mol. The molecule has 2 N–H and O–H groups in total. The van der Waals surface area contributed by atoms with Crippen LogP contribution in [-0.4, -0.2) is 38.8 Å². The fourth-order valence-corrected chi connectivity index (χ4v) is 2.02. The molecule has 0 radical (unpaired) electrons. The number of benzene rings is 1. The van der Waals surface area contributed by atoms with Gasteiger partial charge in [0.2, 0.25) is 0 Å². The van der Waals surface area contributed by atoms with Gasteiger partial charge in [-0.05, 0) is 18.2 Å². The van der Waals surface area contributed by atoms with Crippen LogP contribution in [0.3, 0.4) is 0 Å². The summed E-state index contributed by atoms with van der Waals surface area (Å²) >= 11 is 5.64. The highest BCUT2D eigenvalue weighted by Crippen LogP contribution is 2.18. The molecule has 0 spiro atoms. The Morgan fingerprint density at radius 1 is 1.44 bits per heavy atom. The molecule has 6 heteroatoms. The predicted octanol–water partition coefficient (Wildman–Crippen LogP) is 0.333. The summed E-state index contributed by atoms with van der Waals surface area (Å²) in [4.78, 5) is 13.0. The first kappa shape index (κ1) is 13.3. The molecule has 0 atom stereocenters. The molecule has 0 aliphatic carbocycles. The van der Waals surface area contributed by atoms with Crippen molar-refractivity contribution in [2.24, 2.45) is 0 Å². The van der Waals surface area contributed by atoms with Crippen LogP contribution in [0.15, 0.2) is 18.2 Å². The molecule has 0 unspecified atom stereocenters. The highest BCUT2D eigenvalue weighted by Gasteiger charge is 2.17. The summed E-state index contributed by atoms with van der Waals surface area (Å²) in [6.45, 7) is 3.42. The number of ether oxygens (including phenoxy) is 1. The van der Waals surface area contributed by atoms with Gasteiger partial charge in [0.1, 0.15) is 18.9 Å². The van der Waals surface area contributed by atoms with Gasteiger partial charge in [0, 0.05) is 5.69 Å². The molecule has 1 fully saturated rings. The Hall–Kier alpha value is -1.17. The van der Waals surface area contributed by atoms with Gasteiger partial charge in [-0.25, -0.2) is 4.39 Å². The average molecular weight is 274 g/mol. The third-order valence-electron chi connectivity index (χ3n) is 2.81. The molecule has 1 aromatic rings. The Morgan fingerprint density at radius 3 is 2.83 bits per heavy atom. The lowest BCUT2D eigenvalue weighted by molar-refractivity contribution is -0.899. The first-order chi connectivity index (χ1) is 8.65. The summed E-state index contributed by atoms with van der Waals surface area (Å²) in [5.41, 5.74) is 0.513. The number of carbonyl (C=O) groups excluding carboxylic acids is 1. The maximum absolute atomic E-state index is 12.9. The number of amides is 1. The minimum absolute atomic E-state index is 0.00604. The Labute approximate surface area is 110 Å². The summed E-state index contributed by atoms with van der Waals surface area (Å²) in [5, 5.41) is 2.71. The van der Waals surface area contributed by atoms with Gasteiger partial charge < -0.3 is 15.0 Å². The van der Waals surface area contributed by atoms with Gasteiger partial charge in [-0.3, -0.25) is 4.79 Å². The normalized spacial score (nSPS) is 16.6. The molecule has 0 bridgehead atoms. The van der Waals surface area contributed by atoms with E-state index in [1.807, 2.05) is 0 Å². The first-order valence-electron chi connectivity index (χ1n) is 5.81. The van der Waals surface area contributed by atoms with Crippen LogP contribution in [0.5, 0.6) is 0 Å².